The summed E-state index contributed by atoms with van der Waals surface area (Å²) in [4.78, 5) is 8.28. The fraction of sp³-hybridized carbons (Fsp3) is 0.462. The van der Waals surface area contributed by atoms with Crippen molar-refractivity contribution in [1.29, 1.82) is 0 Å². The number of aromatic hydroxyl groups is 2. The van der Waals surface area contributed by atoms with Crippen LogP contribution >= 0.6 is 17.0 Å². The first-order valence-corrected chi connectivity index (χ1v) is 17.3. The van der Waals surface area contributed by atoms with E-state index in [4.69, 9.17) is 17.0 Å². The van der Waals surface area contributed by atoms with Gasteiger partial charge in [-0.25, -0.2) is 0 Å². The molecule has 0 radical (unpaired) electrons. The predicted molar refractivity (Wildman–Crippen MR) is 142 cm³/mol. The van der Waals surface area contributed by atoms with E-state index in [1.807, 2.05) is 50.2 Å². The van der Waals surface area contributed by atoms with E-state index in [0.717, 1.165) is 35.3 Å². The van der Waals surface area contributed by atoms with Gasteiger partial charge in [0.1, 0.15) is 11.5 Å². The molecule has 0 aliphatic heterocycles. The average Bonchev–Trinajstić information content (AvgIpc) is 2.71. The van der Waals surface area contributed by atoms with E-state index in [1.165, 1.54) is 0 Å². The van der Waals surface area contributed by atoms with Crippen LogP contribution in [0.3, 0.4) is 0 Å². The van der Waals surface area contributed by atoms with Gasteiger partial charge < -0.3 is 10.2 Å². The van der Waals surface area contributed by atoms with Crippen LogP contribution in [0.1, 0.15) is 77.6 Å². The molecule has 2 aromatic carbocycles. The molecular weight excluding hydrogens is 534 g/mol. The summed E-state index contributed by atoms with van der Waals surface area (Å²) in [5.74, 6) is 0.699. The van der Waals surface area contributed by atoms with Gasteiger partial charge >= 0.3 is 37.9 Å². The van der Waals surface area contributed by atoms with Crippen LogP contribution < -0.4 is 0 Å². The molecule has 0 atom stereocenters. The first kappa shape index (κ1) is 31.8. The summed E-state index contributed by atoms with van der Waals surface area (Å²) < 4.78 is 0. The Morgan fingerprint density at radius 3 is 1.27 bits per heavy atom. The SMILES string of the molecule is CCN=Cc1cccc(C(C)(C)C)c1O.CCN=Cc1cccc(C(C)(C)C)c1O.[Cl][Zr][Cl]. The van der Waals surface area contributed by atoms with Crippen molar-refractivity contribution in [2.75, 3.05) is 13.1 Å². The first-order valence-electron chi connectivity index (χ1n) is 11.0. The van der Waals surface area contributed by atoms with Crippen LogP contribution in [0, 0.1) is 0 Å². The molecule has 33 heavy (non-hydrogen) atoms. The van der Waals surface area contributed by atoms with Crippen LogP contribution in [-0.4, -0.2) is 35.7 Å². The number of benzene rings is 2. The Morgan fingerprint density at radius 1 is 0.727 bits per heavy atom. The van der Waals surface area contributed by atoms with E-state index >= 15 is 0 Å². The zero-order valence-electron chi connectivity index (χ0n) is 21.1. The Balaban J connectivity index is 0.000000555. The number of phenolic OH excluding ortho intramolecular Hbond substituents is 2. The van der Waals surface area contributed by atoms with Crippen molar-refractivity contribution < 1.29 is 31.1 Å². The molecule has 7 heteroatoms. The zero-order chi connectivity index (χ0) is 25.7. The van der Waals surface area contributed by atoms with Crippen LogP contribution in [-0.2, 0) is 31.7 Å². The molecule has 0 saturated heterocycles. The van der Waals surface area contributed by atoms with Crippen LogP contribution in [0.25, 0.3) is 0 Å². The molecule has 0 fully saturated rings. The van der Waals surface area contributed by atoms with Crippen LogP contribution in [0.5, 0.6) is 11.5 Å². The first-order chi connectivity index (χ1) is 15.3. The monoisotopic (exact) mass is 570 g/mol. The summed E-state index contributed by atoms with van der Waals surface area (Å²) >= 11 is -0.826. The van der Waals surface area contributed by atoms with Crippen molar-refractivity contribution in [1.82, 2.24) is 0 Å². The number of hydrogen-bond donors (Lipinski definition) is 2. The number of para-hydroxylation sites is 2. The van der Waals surface area contributed by atoms with Crippen molar-refractivity contribution >= 4 is 29.5 Å². The molecule has 0 aliphatic carbocycles. The fourth-order valence-corrected chi connectivity index (χ4v) is 2.92. The molecule has 0 heterocycles. The van der Waals surface area contributed by atoms with E-state index in [0.29, 0.717) is 11.5 Å². The van der Waals surface area contributed by atoms with Gasteiger partial charge in [0, 0.05) is 36.6 Å². The van der Waals surface area contributed by atoms with Gasteiger partial charge in [-0.15, -0.1) is 0 Å². The molecule has 0 amide bonds. The van der Waals surface area contributed by atoms with E-state index in [9.17, 15) is 10.2 Å². The van der Waals surface area contributed by atoms with Gasteiger partial charge in [0.25, 0.3) is 0 Å². The Bertz CT molecular complexity index is 829. The molecular formula is C26H38Cl2N2O2Zr. The Hall–Kier alpha value is -1.16. The summed E-state index contributed by atoms with van der Waals surface area (Å²) in [6, 6.07) is 11.6. The number of phenols is 2. The maximum absolute atomic E-state index is 10.1. The van der Waals surface area contributed by atoms with Gasteiger partial charge in [0.15, 0.2) is 0 Å². The summed E-state index contributed by atoms with van der Waals surface area (Å²) in [5.41, 5.74) is 3.43. The van der Waals surface area contributed by atoms with Crippen LogP contribution in [0.4, 0.5) is 0 Å². The second-order valence-corrected chi connectivity index (χ2v) is 13.0. The molecule has 4 nitrogen and oxygen atoms in total. The number of aliphatic imine (C=N–C) groups is 2. The van der Waals surface area contributed by atoms with Gasteiger partial charge in [-0.3, -0.25) is 9.98 Å². The van der Waals surface area contributed by atoms with E-state index in [2.05, 4.69) is 51.5 Å². The minimum absolute atomic E-state index is 0.0415. The molecule has 0 aliphatic rings. The van der Waals surface area contributed by atoms with Gasteiger partial charge in [-0.2, -0.15) is 0 Å². The molecule has 0 unspecified atom stereocenters. The van der Waals surface area contributed by atoms with Crippen LogP contribution in [0.2, 0.25) is 0 Å². The summed E-state index contributed by atoms with van der Waals surface area (Å²) in [6.07, 6.45) is 3.45. The van der Waals surface area contributed by atoms with E-state index < -0.39 is 20.8 Å². The molecule has 0 saturated carbocycles. The normalized spacial score (nSPS) is 11.6. The quantitative estimate of drug-likeness (QED) is 0.370. The van der Waals surface area contributed by atoms with Crippen LogP contribution in [0.15, 0.2) is 46.4 Å². The average molecular weight is 573 g/mol. The van der Waals surface area contributed by atoms with Crippen molar-refractivity contribution in [3.8, 4) is 11.5 Å². The third-order valence-electron chi connectivity index (χ3n) is 4.58. The molecule has 182 valence electrons. The Labute approximate surface area is 218 Å². The van der Waals surface area contributed by atoms with E-state index in [1.54, 1.807) is 12.4 Å². The standard InChI is InChI=1S/2C13H19NO.2ClH.Zr/c2*1-5-14-9-10-7-6-8-11(12(10)15)13(2,3)4;;;/h2*6-9,15H,5H2,1-4H3;2*1H;/q;;;;+2/p-2. The van der Waals surface area contributed by atoms with Crippen molar-refractivity contribution in [2.24, 2.45) is 9.98 Å². The topological polar surface area (TPSA) is 65.2 Å². The Morgan fingerprint density at radius 2 is 1.03 bits per heavy atom. The predicted octanol–water partition coefficient (Wildman–Crippen LogP) is 7.63. The fourth-order valence-electron chi connectivity index (χ4n) is 2.92. The zero-order valence-corrected chi connectivity index (χ0v) is 25.0. The number of halogens is 2. The molecule has 0 aromatic heterocycles. The Kier molecular flexibility index (Phi) is 15.1. The second-order valence-electron chi connectivity index (χ2n) is 9.31. The third kappa shape index (κ3) is 11.7. The molecule has 0 bridgehead atoms. The third-order valence-corrected chi connectivity index (χ3v) is 4.58. The van der Waals surface area contributed by atoms with Gasteiger partial charge in [0.2, 0.25) is 0 Å². The van der Waals surface area contributed by atoms with Crippen molar-refractivity contribution in [3.05, 3.63) is 58.7 Å². The van der Waals surface area contributed by atoms with Gasteiger partial charge in [-0.1, -0.05) is 65.8 Å². The summed E-state index contributed by atoms with van der Waals surface area (Å²) in [7, 11) is 9.87. The van der Waals surface area contributed by atoms with Gasteiger partial charge in [-0.05, 0) is 47.9 Å². The molecule has 2 rings (SSSR count). The summed E-state index contributed by atoms with van der Waals surface area (Å²) in [5, 5.41) is 20.1. The maximum atomic E-state index is 10.1. The number of hydrogen-bond acceptors (Lipinski definition) is 4. The number of rotatable bonds is 4. The molecule has 0 spiro atoms. The summed E-state index contributed by atoms with van der Waals surface area (Å²) in [6.45, 7) is 17.9. The minimum atomic E-state index is -0.826. The van der Waals surface area contributed by atoms with Crippen molar-refractivity contribution in [3.63, 3.8) is 0 Å². The number of nitrogens with zero attached hydrogens (tertiary/aromatic N) is 2. The second kappa shape index (κ2) is 15.7. The van der Waals surface area contributed by atoms with E-state index in [-0.39, 0.29) is 10.8 Å². The van der Waals surface area contributed by atoms with Crippen molar-refractivity contribution in [2.45, 2.75) is 66.2 Å². The molecule has 2 aromatic rings. The van der Waals surface area contributed by atoms with Gasteiger partial charge in [0.05, 0.1) is 0 Å². The molecule has 2 N–H and O–H groups in total.